The monoisotopic (exact) mass is 223 g/mol. The van der Waals surface area contributed by atoms with Crippen molar-refractivity contribution in [2.75, 3.05) is 11.9 Å². The van der Waals surface area contributed by atoms with E-state index in [2.05, 4.69) is 11.9 Å². The van der Waals surface area contributed by atoms with Crippen molar-refractivity contribution >= 4 is 23.6 Å². The molecule has 2 rings (SSSR count). The number of rotatable bonds is 3. The molecule has 80 valence electrons. The van der Waals surface area contributed by atoms with Crippen molar-refractivity contribution in [1.82, 2.24) is 0 Å². The van der Waals surface area contributed by atoms with Crippen molar-refractivity contribution in [3.05, 3.63) is 28.8 Å². The van der Waals surface area contributed by atoms with Crippen LogP contribution in [0.5, 0.6) is 0 Å². The summed E-state index contributed by atoms with van der Waals surface area (Å²) in [6.45, 7) is 0. The molecule has 0 bridgehead atoms. The van der Waals surface area contributed by atoms with Gasteiger partial charge in [0.25, 0.3) is 0 Å². The van der Waals surface area contributed by atoms with E-state index in [1.54, 1.807) is 6.07 Å². The molecule has 0 unspecified atom stereocenters. The van der Waals surface area contributed by atoms with Crippen molar-refractivity contribution in [2.24, 2.45) is 0 Å². The Balaban J connectivity index is 2.21. The zero-order valence-corrected chi connectivity index (χ0v) is 9.50. The van der Waals surface area contributed by atoms with E-state index in [1.807, 2.05) is 12.1 Å². The van der Waals surface area contributed by atoms with Crippen LogP contribution in [0.25, 0.3) is 0 Å². The Kier molecular flexibility index (Phi) is 2.96. The fraction of sp³-hybridized carbons (Fsp3) is 0.417. The maximum absolute atomic E-state index is 10.6. The van der Waals surface area contributed by atoms with E-state index in [4.69, 9.17) is 11.6 Å². The number of halogens is 1. The molecule has 0 radical (unpaired) electrons. The number of benzene rings is 1. The van der Waals surface area contributed by atoms with E-state index >= 15 is 0 Å². The van der Waals surface area contributed by atoms with Gasteiger partial charge in [-0.15, -0.1) is 0 Å². The van der Waals surface area contributed by atoms with Crippen molar-refractivity contribution < 1.29 is 4.79 Å². The summed E-state index contributed by atoms with van der Waals surface area (Å²) in [5.74, 6) is 0. The smallest absolute Gasteiger partial charge is 0.151 e. The van der Waals surface area contributed by atoms with Crippen LogP contribution in [0.2, 0.25) is 5.02 Å². The molecule has 1 fully saturated rings. The van der Waals surface area contributed by atoms with Crippen LogP contribution in [0.15, 0.2) is 18.2 Å². The molecule has 0 amide bonds. The first-order chi connectivity index (χ1) is 7.22. The van der Waals surface area contributed by atoms with Gasteiger partial charge in [0.05, 0.1) is 5.02 Å². The lowest BCUT2D eigenvalue weighted by Gasteiger charge is -2.36. The summed E-state index contributed by atoms with van der Waals surface area (Å²) in [5.41, 5.74) is 1.65. The maximum Gasteiger partial charge on any atom is 0.151 e. The predicted octanol–water partition coefficient (Wildman–Crippen LogP) is 3.14. The number of hydrogen-bond acceptors (Lipinski definition) is 2. The zero-order valence-electron chi connectivity index (χ0n) is 8.74. The second-order valence-corrected chi connectivity index (χ2v) is 4.43. The minimum atomic E-state index is 0.536. The third-order valence-corrected chi connectivity index (χ3v) is 3.47. The summed E-state index contributed by atoms with van der Waals surface area (Å²) in [5, 5.41) is 0.536. The van der Waals surface area contributed by atoms with Gasteiger partial charge < -0.3 is 4.90 Å². The molecule has 0 heterocycles. The lowest BCUT2D eigenvalue weighted by molar-refractivity contribution is 0.112. The van der Waals surface area contributed by atoms with Gasteiger partial charge in [0.15, 0.2) is 6.29 Å². The second-order valence-electron chi connectivity index (χ2n) is 4.02. The van der Waals surface area contributed by atoms with Gasteiger partial charge in [0, 0.05) is 24.3 Å². The van der Waals surface area contributed by atoms with Crippen LogP contribution in [0.4, 0.5) is 5.69 Å². The normalized spacial score (nSPS) is 15.9. The summed E-state index contributed by atoms with van der Waals surface area (Å²) in [7, 11) is 2.08. The molecule has 0 spiro atoms. The summed E-state index contributed by atoms with van der Waals surface area (Å²) < 4.78 is 0. The number of anilines is 1. The van der Waals surface area contributed by atoms with Crippen LogP contribution < -0.4 is 4.90 Å². The standard InChI is InChI=1S/C12H14ClNO/c1-14(10-3-2-4-10)11-6-5-9(8-15)12(13)7-11/h5-8,10H,2-4H2,1H3. The predicted molar refractivity (Wildman–Crippen MR) is 62.9 cm³/mol. The highest BCUT2D eigenvalue weighted by Crippen LogP contribution is 2.30. The van der Waals surface area contributed by atoms with Gasteiger partial charge in [-0.3, -0.25) is 4.79 Å². The Labute approximate surface area is 94.8 Å². The second kappa shape index (κ2) is 4.23. The summed E-state index contributed by atoms with van der Waals surface area (Å²) in [6.07, 6.45) is 4.61. The largest absolute Gasteiger partial charge is 0.372 e. The van der Waals surface area contributed by atoms with Crippen molar-refractivity contribution in [3.8, 4) is 0 Å². The third-order valence-electron chi connectivity index (χ3n) is 3.14. The quantitative estimate of drug-likeness (QED) is 0.734. The molecule has 0 saturated heterocycles. The number of carbonyl (C=O) groups excluding carboxylic acids is 1. The summed E-state index contributed by atoms with van der Waals surface area (Å²) >= 11 is 5.98. The van der Waals surface area contributed by atoms with Gasteiger partial charge in [0.1, 0.15) is 0 Å². The average Bonchev–Trinajstić information content (AvgIpc) is 2.15. The highest BCUT2D eigenvalue weighted by Gasteiger charge is 2.22. The van der Waals surface area contributed by atoms with Crippen molar-refractivity contribution in [2.45, 2.75) is 25.3 Å². The molecule has 0 aliphatic heterocycles. The minimum Gasteiger partial charge on any atom is -0.372 e. The van der Waals surface area contributed by atoms with E-state index in [-0.39, 0.29) is 0 Å². The molecule has 1 aliphatic rings. The van der Waals surface area contributed by atoms with E-state index in [9.17, 15) is 4.79 Å². The Morgan fingerprint density at radius 2 is 2.20 bits per heavy atom. The maximum atomic E-state index is 10.6. The highest BCUT2D eigenvalue weighted by molar-refractivity contribution is 6.33. The van der Waals surface area contributed by atoms with E-state index < -0.39 is 0 Å². The fourth-order valence-corrected chi connectivity index (χ4v) is 2.04. The molecule has 2 nitrogen and oxygen atoms in total. The zero-order chi connectivity index (χ0) is 10.8. The van der Waals surface area contributed by atoms with Crippen molar-refractivity contribution in [1.29, 1.82) is 0 Å². The van der Waals surface area contributed by atoms with E-state index in [0.717, 1.165) is 12.0 Å². The molecule has 0 N–H and O–H groups in total. The van der Waals surface area contributed by atoms with Gasteiger partial charge in [-0.1, -0.05) is 11.6 Å². The molecule has 0 atom stereocenters. The van der Waals surface area contributed by atoms with Crippen LogP contribution >= 0.6 is 11.6 Å². The third kappa shape index (κ3) is 2.00. The van der Waals surface area contributed by atoms with Crippen LogP contribution in [0, 0.1) is 0 Å². The molecular weight excluding hydrogens is 210 g/mol. The number of carbonyl (C=O) groups is 1. The summed E-state index contributed by atoms with van der Waals surface area (Å²) in [6, 6.07) is 6.24. The first-order valence-electron chi connectivity index (χ1n) is 5.20. The first kappa shape index (κ1) is 10.5. The fourth-order valence-electron chi connectivity index (χ4n) is 1.82. The molecule has 15 heavy (non-hydrogen) atoms. The van der Waals surface area contributed by atoms with Gasteiger partial charge in [0.2, 0.25) is 0 Å². The molecule has 1 aromatic carbocycles. The lowest BCUT2D eigenvalue weighted by Crippen LogP contribution is -2.37. The van der Waals surface area contributed by atoms with Gasteiger partial charge in [-0.25, -0.2) is 0 Å². The molecular formula is C12H14ClNO. The molecule has 1 aliphatic carbocycles. The van der Waals surface area contributed by atoms with E-state index in [0.29, 0.717) is 16.6 Å². The average molecular weight is 224 g/mol. The van der Waals surface area contributed by atoms with Gasteiger partial charge in [-0.2, -0.15) is 0 Å². The van der Waals surface area contributed by atoms with Crippen LogP contribution in [-0.2, 0) is 0 Å². The molecule has 1 saturated carbocycles. The number of hydrogen-bond donors (Lipinski definition) is 0. The molecule has 0 aromatic heterocycles. The highest BCUT2D eigenvalue weighted by atomic mass is 35.5. The van der Waals surface area contributed by atoms with Crippen LogP contribution in [-0.4, -0.2) is 19.4 Å². The molecule has 1 aromatic rings. The minimum absolute atomic E-state index is 0.536. The Morgan fingerprint density at radius 1 is 1.47 bits per heavy atom. The Hall–Kier alpha value is -1.02. The Morgan fingerprint density at radius 3 is 2.67 bits per heavy atom. The topological polar surface area (TPSA) is 20.3 Å². The van der Waals surface area contributed by atoms with Crippen molar-refractivity contribution in [3.63, 3.8) is 0 Å². The molecule has 3 heteroatoms. The Bertz CT molecular complexity index is 374. The van der Waals surface area contributed by atoms with Gasteiger partial charge in [-0.05, 0) is 37.5 Å². The van der Waals surface area contributed by atoms with E-state index in [1.165, 1.54) is 19.3 Å². The van der Waals surface area contributed by atoms with Gasteiger partial charge >= 0.3 is 0 Å². The first-order valence-corrected chi connectivity index (χ1v) is 5.57. The number of aldehydes is 1. The lowest BCUT2D eigenvalue weighted by atomic mass is 9.91. The SMILES string of the molecule is CN(c1ccc(C=O)c(Cl)c1)C1CCC1. The number of nitrogens with zero attached hydrogens (tertiary/aromatic N) is 1. The van der Waals surface area contributed by atoms with Crippen LogP contribution in [0.1, 0.15) is 29.6 Å². The van der Waals surface area contributed by atoms with Crippen LogP contribution in [0.3, 0.4) is 0 Å². The summed E-state index contributed by atoms with van der Waals surface area (Å²) in [4.78, 5) is 12.9.